The SMILES string of the molecule is COc1ccc(CO[C@H](C)CC=C(F)C(OC(=O)c2ccccc2)C(O)C(O)CCO[Si](c2ccccc2)(c2ccccc2)C(C)(C)C)cc1. The molecule has 4 aromatic carbocycles. The third-order valence-electron chi connectivity index (χ3n) is 8.71. The molecule has 266 valence electrons. The summed E-state index contributed by atoms with van der Waals surface area (Å²) in [6, 6.07) is 35.7. The van der Waals surface area contributed by atoms with Crippen molar-refractivity contribution in [1.82, 2.24) is 0 Å². The Bertz CT molecular complexity index is 1590. The Morgan fingerprint density at radius 1 is 0.840 bits per heavy atom. The zero-order valence-corrected chi connectivity index (χ0v) is 30.5. The van der Waals surface area contributed by atoms with Gasteiger partial charge in [-0.15, -0.1) is 0 Å². The van der Waals surface area contributed by atoms with Gasteiger partial charge in [0.15, 0.2) is 6.10 Å². The largest absolute Gasteiger partial charge is 0.497 e. The maximum Gasteiger partial charge on any atom is 0.338 e. The van der Waals surface area contributed by atoms with Crippen molar-refractivity contribution in [1.29, 1.82) is 0 Å². The highest BCUT2D eigenvalue weighted by Gasteiger charge is 2.50. The molecule has 2 N–H and O–H groups in total. The van der Waals surface area contributed by atoms with E-state index in [1.165, 1.54) is 18.2 Å². The summed E-state index contributed by atoms with van der Waals surface area (Å²) in [4.78, 5) is 13.0. The van der Waals surface area contributed by atoms with Crippen LogP contribution >= 0.6 is 0 Å². The second-order valence-electron chi connectivity index (χ2n) is 13.3. The number of methoxy groups -OCH3 is 1. The molecule has 0 aliphatic carbocycles. The van der Waals surface area contributed by atoms with Crippen LogP contribution in [-0.4, -0.2) is 62.6 Å². The highest BCUT2D eigenvalue weighted by Crippen LogP contribution is 2.37. The number of rotatable bonds is 17. The normalized spacial score (nSPS) is 14.8. The molecule has 0 saturated carbocycles. The number of aliphatic hydroxyl groups excluding tert-OH is 2. The summed E-state index contributed by atoms with van der Waals surface area (Å²) in [5.41, 5.74) is 1.12. The molecule has 3 unspecified atom stereocenters. The molecule has 0 radical (unpaired) electrons. The van der Waals surface area contributed by atoms with Gasteiger partial charge in [-0.25, -0.2) is 9.18 Å². The summed E-state index contributed by atoms with van der Waals surface area (Å²) in [7, 11) is -1.32. The van der Waals surface area contributed by atoms with Gasteiger partial charge in [0.25, 0.3) is 8.32 Å². The van der Waals surface area contributed by atoms with Crippen molar-refractivity contribution in [3.05, 3.63) is 138 Å². The van der Waals surface area contributed by atoms with E-state index in [9.17, 15) is 15.0 Å². The number of halogens is 1. The van der Waals surface area contributed by atoms with Crippen molar-refractivity contribution in [2.45, 2.75) is 76.6 Å². The van der Waals surface area contributed by atoms with Gasteiger partial charge in [0.1, 0.15) is 17.7 Å². The Hall–Kier alpha value is -4.12. The number of carbonyl (C=O) groups is 1. The van der Waals surface area contributed by atoms with Crippen molar-refractivity contribution in [2.75, 3.05) is 13.7 Å². The molecule has 0 spiro atoms. The summed E-state index contributed by atoms with van der Waals surface area (Å²) < 4.78 is 39.4. The molecular formula is C41H49FO7Si. The summed E-state index contributed by atoms with van der Waals surface area (Å²) in [6.45, 7) is 8.61. The minimum atomic E-state index is -2.92. The van der Waals surface area contributed by atoms with Gasteiger partial charge >= 0.3 is 5.97 Å². The van der Waals surface area contributed by atoms with Gasteiger partial charge in [-0.3, -0.25) is 0 Å². The molecule has 0 bridgehead atoms. The first-order chi connectivity index (χ1) is 24.0. The molecule has 0 saturated heterocycles. The van der Waals surface area contributed by atoms with Crippen LogP contribution < -0.4 is 15.1 Å². The lowest BCUT2D eigenvalue weighted by Gasteiger charge is -2.43. The number of aliphatic hydroxyl groups is 2. The van der Waals surface area contributed by atoms with Gasteiger partial charge in [-0.05, 0) is 71.1 Å². The van der Waals surface area contributed by atoms with E-state index in [0.29, 0.717) is 6.61 Å². The number of hydrogen-bond acceptors (Lipinski definition) is 7. The number of benzene rings is 4. The number of carbonyl (C=O) groups excluding carboxylic acids is 1. The van der Waals surface area contributed by atoms with Crippen molar-refractivity contribution in [3.8, 4) is 5.75 Å². The van der Waals surface area contributed by atoms with Crippen LogP contribution in [-0.2, 0) is 20.5 Å². The topological polar surface area (TPSA) is 94.5 Å². The summed E-state index contributed by atoms with van der Waals surface area (Å²) in [5, 5.41) is 24.4. The molecule has 9 heteroatoms. The van der Waals surface area contributed by atoms with Crippen LogP contribution in [0.25, 0.3) is 0 Å². The van der Waals surface area contributed by atoms with E-state index in [-0.39, 0.29) is 30.1 Å². The van der Waals surface area contributed by atoms with Gasteiger partial charge in [-0.1, -0.05) is 112 Å². The number of ether oxygens (including phenoxy) is 3. The second kappa shape index (κ2) is 18.2. The predicted molar refractivity (Wildman–Crippen MR) is 197 cm³/mol. The van der Waals surface area contributed by atoms with E-state index in [1.54, 1.807) is 32.2 Å². The lowest BCUT2D eigenvalue weighted by molar-refractivity contribution is -0.0684. The molecular weight excluding hydrogens is 652 g/mol. The first-order valence-corrected chi connectivity index (χ1v) is 18.8. The van der Waals surface area contributed by atoms with E-state index >= 15 is 4.39 Å². The van der Waals surface area contributed by atoms with Gasteiger partial charge in [-0.2, -0.15) is 0 Å². The fourth-order valence-corrected chi connectivity index (χ4v) is 10.5. The van der Waals surface area contributed by atoms with Gasteiger partial charge in [0, 0.05) is 6.61 Å². The molecule has 0 aromatic heterocycles. The van der Waals surface area contributed by atoms with Crippen molar-refractivity contribution in [2.24, 2.45) is 0 Å². The van der Waals surface area contributed by atoms with Gasteiger partial charge in [0.2, 0.25) is 0 Å². The van der Waals surface area contributed by atoms with E-state index in [1.807, 2.05) is 60.7 Å². The number of esters is 1. The number of hydrogen-bond donors (Lipinski definition) is 2. The molecule has 0 heterocycles. The molecule has 4 rings (SSSR count). The Labute approximate surface area is 296 Å². The molecule has 0 aliphatic rings. The quantitative estimate of drug-likeness (QED) is 0.0929. The van der Waals surface area contributed by atoms with Crippen molar-refractivity contribution < 1.29 is 38.0 Å². The first kappa shape index (κ1) is 38.7. The molecule has 7 nitrogen and oxygen atoms in total. The monoisotopic (exact) mass is 700 g/mol. The minimum Gasteiger partial charge on any atom is -0.497 e. The zero-order chi connectivity index (χ0) is 36.1. The predicted octanol–water partition coefficient (Wildman–Crippen LogP) is 6.76. The Morgan fingerprint density at radius 3 is 1.90 bits per heavy atom. The fraction of sp³-hybridized carbons (Fsp3) is 0.341. The summed E-state index contributed by atoms with van der Waals surface area (Å²) >= 11 is 0. The van der Waals surface area contributed by atoms with Crippen LogP contribution in [0.1, 0.15) is 56.5 Å². The van der Waals surface area contributed by atoms with Gasteiger partial charge < -0.3 is 28.8 Å². The van der Waals surface area contributed by atoms with Crippen LogP contribution in [0.2, 0.25) is 5.04 Å². The molecule has 0 aliphatic heterocycles. The zero-order valence-electron chi connectivity index (χ0n) is 29.5. The molecule has 4 atom stereocenters. The minimum absolute atomic E-state index is 0.0281. The van der Waals surface area contributed by atoms with E-state index in [0.717, 1.165) is 21.7 Å². The lowest BCUT2D eigenvalue weighted by atomic mass is 10.0. The third kappa shape index (κ3) is 9.99. The molecule has 0 fully saturated rings. The Morgan fingerprint density at radius 2 is 1.38 bits per heavy atom. The summed E-state index contributed by atoms with van der Waals surface area (Å²) in [5.74, 6) is -0.968. The molecule has 4 aromatic rings. The maximum absolute atomic E-state index is 15.9. The molecule has 0 amide bonds. The first-order valence-electron chi connectivity index (χ1n) is 16.9. The average Bonchev–Trinajstić information content (AvgIpc) is 3.14. The van der Waals surface area contributed by atoms with E-state index < -0.39 is 44.5 Å². The average molecular weight is 701 g/mol. The maximum atomic E-state index is 15.9. The molecule has 50 heavy (non-hydrogen) atoms. The lowest BCUT2D eigenvalue weighted by Crippen LogP contribution is -2.66. The Balaban J connectivity index is 1.50. The highest BCUT2D eigenvalue weighted by atomic mass is 28.4. The van der Waals surface area contributed by atoms with E-state index in [2.05, 4.69) is 45.0 Å². The van der Waals surface area contributed by atoms with Gasteiger partial charge in [0.05, 0.1) is 31.5 Å². The highest BCUT2D eigenvalue weighted by molar-refractivity contribution is 6.99. The third-order valence-corrected chi connectivity index (χ3v) is 13.7. The van der Waals surface area contributed by atoms with Crippen molar-refractivity contribution >= 4 is 24.7 Å². The smallest absolute Gasteiger partial charge is 0.338 e. The van der Waals surface area contributed by atoms with Crippen molar-refractivity contribution in [3.63, 3.8) is 0 Å². The van der Waals surface area contributed by atoms with Crippen LogP contribution in [0, 0.1) is 0 Å². The second-order valence-corrected chi connectivity index (χ2v) is 17.7. The van der Waals surface area contributed by atoms with Crippen LogP contribution in [0.4, 0.5) is 4.39 Å². The Kier molecular flexibility index (Phi) is 14.1. The van der Waals surface area contributed by atoms with Crippen LogP contribution in [0.5, 0.6) is 5.75 Å². The fourth-order valence-electron chi connectivity index (χ4n) is 5.94. The standard InChI is InChI=1S/C41H49FO7Si/c1-30(47-29-31-22-24-33(46-5)25-23-31)21-26-36(42)39(49-40(45)32-15-9-6-10-16-32)38(44)37(43)27-28-48-50(41(2,3)4,34-17-11-7-12-18-34)35-19-13-8-14-20-35/h6-20,22-26,30,37-39,43-44H,21,27-29H2,1-5H3/t30-,37?,38?,39?/m1/s1. The van der Waals surface area contributed by atoms with Crippen LogP contribution in [0.3, 0.4) is 0 Å². The summed E-state index contributed by atoms with van der Waals surface area (Å²) in [6.07, 6.45) is -4.03. The van der Waals surface area contributed by atoms with E-state index in [4.69, 9.17) is 18.6 Å². The van der Waals surface area contributed by atoms with Crippen LogP contribution in [0.15, 0.2) is 127 Å².